The molecule has 0 saturated heterocycles. The minimum absolute atomic E-state index is 0.245. The fourth-order valence-corrected chi connectivity index (χ4v) is 1.82. The summed E-state index contributed by atoms with van der Waals surface area (Å²) < 4.78 is 12.6. The number of rotatable bonds is 2. The molecule has 0 aliphatic rings. The maximum absolute atomic E-state index is 12.6. The van der Waals surface area contributed by atoms with Crippen LogP contribution in [0.4, 0.5) is 10.1 Å². The van der Waals surface area contributed by atoms with Crippen molar-refractivity contribution < 1.29 is 9.18 Å². The van der Waals surface area contributed by atoms with Gasteiger partial charge in [-0.2, -0.15) is 4.39 Å². The average molecular weight is 285 g/mol. The van der Waals surface area contributed by atoms with Gasteiger partial charge in [0.25, 0.3) is 5.91 Å². The van der Waals surface area contributed by atoms with Crippen molar-refractivity contribution >= 4 is 34.8 Å². The summed E-state index contributed by atoms with van der Waals surface area (Å²) >= 11 is 11.6. The highest BCUT2D eigenvalue weighted by Gasteiger charge is 2.11. The van der Waals surface area contributed by atoms with E-state index in [1.165, 1.54) is 24.4 Å². The molecule has 1 amide bonds. The fraction of sp³-hybridized carbons (Fsp3) is 0. The van der Waals surface area contributed by atoms with Crippen LogP contribution in [-0.2, 0) is 0 Å². The van der Waals surface area contributed by atoms with Crippen molar-refractivity contribution in [3.8, 4) is 0 Å². The number of carbonyl (C=O) groups is 1. The lowest BCUT2D eigenvalue weighted by Crippen LogP contribution is -2.12. The largest absolute Gasteiger partial charge is 0.321 e. The molecule has 1 aromatic heterocycles. The van der Waals surface area contributed by atoms with Crippen molar-refractivity contribution in [3.63, 3.8) is 0 Å². The molecule has 0 saturated carbocycles. The van der Waals surface area contributed by atoms with E-state index in [-0.39, 0.29) is 10.6 Å². The molecule has 2 rings (SSSR count). The standard InChI is InChI=1S/C12H7Cl2FN2O/c13-7-1-3-9(10(14)5-7)12(18)17-8-2-4-11(15)16-6-8/h1-6H,(H,17,18). The molecule has 1 aromatic carbocycles. The first kappa shape index (κ1) is 12.8. The number of amides is 1. The Labute approximate surface area is 113 Å². The summed E-state index contributed by atoms with van der Waals surface area (Å²) in [5, 5.41) is 3.24. The van der Waals surface area contributed by atoms with E-state index in [2.05, 4.69) is 10.3 Å². The molecule has 0 radical (unpaired) electrons. The highest BCUT2D eigenvalue weighted by molar-refractivity contribution is 6.37. The van der Waals surface area contributed by atoms with Gasteiger partial charge in [0.05, 0.1) is 22.5 Å². The van der Waals surface area contributed by atoms with Crippen molar-refractivity contribution in [2.45, 2.75) is 0 Å². The minimum Gasteiger partial charge on any atom is -0.321 e. The molecule has 18 heavy (non-hydrogen) atoms. The smallest absolute Gasteiger partial charge is 0.257 e. The van der Waals surface area contributed by atoms with Gasteiger partial charge in [0.15, 0.2) is 0 Å². The summed E-state index contributed by atoms with van der Waals surface area (Å²) in [6, 6.07) is 7.10. The Morgan fingerprint density at radius 3 is 2.61 bits per heavy atom. The molecule has 0 atom stereocenters. The number of anilines is 1. The van der Waals surface area contributed by atoms with Gasteiger partial charge in [0, 0.05) is 5.02 Å². The Morgan fingerprint density at radius 1 is 1.22 bits per heavy atom. The molecule has 0 aliphatic carbocycles. The number of aromatic nitrogens is 1. The molecule has 0 unspecified atom stereocenters. The SMILES string of the molecule is O=C(Nc1ccc(F)nc1)c1ccc(Cl)cc1Cl. The molecule has 2 aromatic rings. The quantitative estimate of drug-likeness (QED) is 0.853. The van der Waals surface area contributed by atoms with Crippen LogP contribution in [0.5, 0.6) is 0 Å². The Balaban J connectivity index is 2.19. The predicted octanol–water partition coefficient (Wildman–Crippen LogP) is 3.78. The zero-order chi connectivity index (χ0) is 13.1. The third kappa shape index (κ3) is 2.97. The van der Waals surface area contributed by atoms with Gasteiger partial charge in [-0.3, -0.25) is 4.79 Å². The van der Waals surface area contributed by atoms with E-state index < -0.39 is 11.9 Å². The van der Waals surface area contributed by atoms with Crippen LogP contribution in [0.2, 0.25) is 10.0 Å². The van der Waals surface area contributed by atoms with Crippen LogP contribution < -0.4 is 5.32 Å². The van der Waals surface area contributed by atoms with Gasteiger partial charge < -0.3 is 5.32 Å². The van der Waals surface area contributed by atoms with Crippen molar-refractivity contribution in [3.05, 3.63) is 58.1 Å². The molecule has 0 bridgehead atoms. The first-order valence-corrected chi connectivity index (χ1v) is 5.70. The first-order valence-electron chi connectivity index (χ1n) is 4.94. The van der Waals surface area contributed by atoms with Crippen LogP contribution in [-0.4, -0.2) is 10.9 Å². The Kier molecular flexibility index (Phi) is 3.79. The molecule has 0 aliphatic heterocycles. The van der Waals surface area contributed by atoms with Crippen LogP contribution in [0.3, 0.4) is 0 Å². The molecule has 6 heteroatoms. The predicted molar refractivity (Wildman–Crippen MR) is 68.6 cm³/mol. The van der Waals surface area contributed by atoms with Gasteiger partial charge >= 0.3 is 0 Å². The second-order valence-corrected chi connectivity index (χ2v) is 4.29. The third-order valence-electron chi connectivity index (χ3n) is 2.16. The maximum atomic E-state index is 12.6. The summed E-state index contributed by atoms with van der Waals surface area (Å²) in [7, 11) is 0. The molecular weight excluding hydrogens is 278 g/mol. The lowest BCUT2D eigenvalue weighted by molar-refractivity contribution is 0.102. The van der Waals surface area contributed by atoms with E-state index in [0.29, 0.717) is 10.7 Å². The molecule has 1 heterocycles. The van der Waals surface area contributed by atoms with Gasteiger partial charge in [-0.1, -0.05) is 23.2 Å². The number of hydrogen-bond donors (Lipinski definition) is 1. The number of halogens is 3. The van der Waals surface area contributed by atoms with E-state index in [4.69, 9.17) is 23.2 Å². The van der Waals surface area contributed by atoms with Crippen molar-refractivity contribution in [2.75, 3.05) is 5.32 Å². The maximum Gasteiger partial charge on any atom is 0.257 e. The second-order valence-electron chi connectivity index (χ2n) is 3.45. The second kappa shape index (κ2) is 5.33. The van der Waals surface area contributed by atoms with Crippen molar-refractivity contribution in [2.24, 2.45) is 0 Å². The summed E-state index contributed by atoms with van der Waals surface area (Å²) in [5.74, 6) is -1.03. The van der Waals surface area contributed by atoms with Crippen LogP contribution in [0, 0.1) is 5.95 Å². The topological polar surface area (TPSA) is 42.0 Å². The number of hydrogen-bond acceptors (Lipinski definition) is 2. The van der Waals surface area contributed by atoms with E-state index >= 15 is 0 Å². The molecule has 1 N–H and O–H groups in total. The number of carbonyl (C=O) groups excluding carboxylic acids is 1. The lowest BCUT2D eigenvalue weighted by atomic mass is 10.2. The van der Waals surface area contributed by atoms with E-state index in [9.17, 15) is 9.18 Å². The minimum atomic E-state index is -0.613. The highest BCUT2D eigenvalue weighted by Crippen LogP contribution is 2.21. The number of nitrogens with zero attached hydrogens (tertiary/aromatic N) is 1. The molecule has 3 nitrogen and oxygen atoms in total. The summed E-state index contributed by atoms with van der Waals surface area (Å²) in [6.07, 6.45) is 1.22. The Bertz CT molecular complexity index is 587. The third-order valence-corrected chi connectivity index (χ3v) is 2.71. The van der Waals surface area contributed by atoms with Gasteiger partial charge in [0.2, 0.25) is 5.95 Å². The number of benzene rings is 1. The monoisotopic (exact) mass is 284 g/mol. The lowest BCUT2D eigenvalue weighted by Gasteiger charge is -2.06. The highest BCUT2D eigenvalue weighted by atomic mass is 35.5. The molecular formula is C12H7Cl2FN2O. The average Bonchev–Trinajstić information content (AvgIpc) is 2.32. The summed E-state index contributed by atoms with van der Waals surface area (Å²) in [4.78, 5) is 15.3. The molecule has 0 fully saturated rings. The van der Waals surface area contributed by atoms with Gasteiger partial charge in [0.1, 0.15) is 0 Å². The zero-order valence-corrected chi connectivity index (χ0v) is 10.5. The number of nitrogens with one attached hydrogen (secondary N) is 1. The summed E-state index contributed by atoms with van der Waals surface area (Å²) in [6.45, 7) is 0. The van der Waals surface area contributed by atoms with E-state index in [0.717, 1.165) is 6.07 Å². The fourth-order valence-electron chi connectivity index (χ4n) is 1.32. The molecule has 92 valence electrons. The van der Waals surface area contributed by atoms with Gasteiger partial charge in [-0.15, -0.1) is 0 Å². The number of pyridine rings is 1. The van der Waals surface area contributed by atoms with Crippen molar-refractivity contribution in [1.82, 2.24) is 4.98 Å². The zero-order valence-electron chi connectivity index (χ0n) is 8.95. The van der Waals surface area contributed by atoms with Crippen LogP contribution in [0.1, 0.15) is 10.4 Å². The Morgan fingerprint density at radius 2 is 2.00 bits per heavy atom. The normalized spacial score (nSPS) is 10.2. The van der Waals surface area contributed by atoms with Crippen molar-refractivity contribution in [1.29, 1.82) is 0 Å². The van der Waals surface area contributed by atoms with E-state index in [1.807, 2.05) is 0 Å². The van der Waals surface area contributed by atoms with E-state index in [1.54, 1.807) is 6.07 Å². The Hall–Kier alpha value is -1.65. The van der Waals surface area contributed by atoms with Gasteiger partial charge in [-0.05, 0) is 30.3 Å². The van der Waals surface area contributed by atoms with Crippen LogP contribution in [0.15, 0.2) is 36.5 Å². The summed E-state index contributed by atoms with van der Waals surface area (Å²) in [5.41, 5.74) is 0.665. The van der Waals surface area contributed by atoms with Crippen LogP contribution in [0.25, 0.3) is 0 Å². The first-order chi connectivity index (χ1) is 8.56. The van der Waals surface area contributed by atoms with Crippen LogP contribution >= 0.6 is 23.2 Å². The van der Waals surface area contributed by atoms with Gasteiger partial charge in [-0.25, -0.2) is 4.98 Å². The molecule has 0 spiro atoms.